The van der Waals surface area contributed by atoms with E-state index in [0.29, 0.717) is 24.4 Å². The molecule has 6 nitrogen and oxygen atoms in total. The van der Waals surface area contributed by atoms with E-state index in [1.807, 2.05) is 19.2 Å². The molecule has 2 saturated carbocycles. The van der Waals surface area contributed by atoms with Gasteiger partial charge in [0.25, 0.3) is 0 Å². The Morgan fingerprint density at radius 3 is 2.79 bits per heavy atom. The molecule has 2 N–H and O–H groups in total. The first kappa shape index (κ1) is 26.9. The lowest BCUT2D eigenvalue weighted by Gasteiger charge is -2.48. The normalized spacial score (nSPS) is 30.9. The molecule has 3 aliphatic carbocycles. The van der Waals surface area contributed by atoms with Crippen molar-refractivity contribution < 1.29 is 24.5 Å². The minimum Gasteiger partial charge on any atom is -0.490 e. The summed E-state index contributed by atoms with van der Waals surface area (Å²) in [5.74, 6) is 1.11. The van der Waals surface area contributed by atoms with E-state index in [9.17, 15) is 15.0 Å². The van der Waals surface area contributed by atoms with E-state index in [4.69, 9.17) is 21.1 Å². The molecular weight excluding hydrogens is 514 g/mol. The zero-order valence-corrected chi connectivity index (χ0v) is 23.5. The number of carboxylic acids is 1. The molecule has 0 bridgehead atoms. The van der Waals surface area contributed by atoms with Crippen molar-refractivity contribution in [3.63, 3.8) is 0 Å². The van der Waals surface area contributed by atoms with Crippen LogP contribution in [0, 0.1) is 17.8 Å². The summed E-state index contributed by atoms with van der Waals surface area (Å²) >= 11 is 6.39. The summed E-state index contributed by atoms with van der Waals surface area (Å²) in [7, 11) is 1.83. The molecule has 7 heteroatoms. The van der Waals surface area contributed by atoms with Crippen LogP contribution in [0.15, 0.2) is 36.4 Å². The SMILES string of the molecule is CO[C@@H]([C@H]1CCC[C@@H](O)C1)[C@@H]1CC[C@H]1CN1CC2(CCCc3cc(Cl)ccc32)COc2ccc(C(=O)O)cc21. The fraction of sp³-hybridized carbons (Fsp3) is 0.594. The van der Waals surface area contributed by atoms with E-state index in [2.05, 4.69) is 17.0 Å². The minimum atomic E-state index is -0.925. The number of carbonyl (C=O) groups is 1. The van der Waals surface area contributed by atoms with Gasteiger partial charge in [0, 0.05) is 30.6 Å². The molecule has 0 radical (unpaired) electrons. The zero-order valence-electron chi connectivity index (χ0n) is 22.8. The summed E-state index contributed by atoms with van der Waals surface area (Å²) in [6.07, 6.45) is 9.20. The van der Waals surface area contributed by atoms with Crippen molar-refractivity contribution in [2.24, 2.45) is 17.8 Å². The Morgan fingerprint density at radius 2 is 2.05 bits per heavy atom. The summed E-state index contributed by atoms with van der Waals surface area (Å²) in [6.45, 7) is 2.18. The van der Waals surface area contributed by atoms with Crippen molar-refractivity contribution in [3.8, 4) is 5.75 Å². The van der Waals surface area contributed by atoms with Gasteiger partial charge >= 0.3 is 5.97 Å². The fourth-order valence-corrected chi connectivity index (χ4v) is 8.19. The highest BCUT2D eigenvalue weighted by Crippen LogP contribution is 2.48. The van der Waals surface area contributed by atoms with E-state index in [1.165, 1.54) is 11.1 Å². The number of ether oxygens (including phenoxy) is 2. The number of aliphatic hydroxyl groups excluding tert-OH is 1. The van der Waals surface area contributed by atoms with Gasteiger partial charge in [-0.15, -0.1) is 0 Å². The van der Waals surface area contributed by atoms with E-state index in [-0.39, 0.29) is 23.2 Å². The predicted octanol–water partition coefficient (Wildman–Crippen LogP) is 6.10. The lowest BCUT2D eigenvalue weighted by molar-refractivity contribution is -0.0721. The highest BCUT2D eigenvalue weighted by molar-refractivity contribution is 6.30. The Balaban J connectivity index is 1.32. The quantitative estimate of drug-likeness (QED) is 0.450. The molecule has 1 aliphatic heterocycles. The molecule has 4 aliphatic rings. The molecule has 1 unspecified atom stereocenters. The Kier molecular flexibility index (Phi) is 7.55. The molecule has 1 heterocycles. The van der Waals surface area contributed by atoms with Crippen molar-refractivity contribution in [1.29, 1.82) is 0 Å². The number of carboxylic acid groups (broad SMARTS) is 1. The number of benzene rings is 2. The number of hydrogen-bond donors (Lipinski definition) is 2. The lowest BCUT2D eigenvalue weighted by Crippen LogP contribution is -2.51. The monoisotopic (exact) mass is 553 g/mol. The molecule has 0 saturated heterocycles. The van der Waals surface area contributed by atoms with Crippen LogP contribution in [0.25, 0.3) is 0 Å². The van der Waals surface area contributed by atoms with Crippen molar-refractivity contribution in [2.45, 2.75) is 75.4 Å². The van der Waals surface area contributed by atoms with E-state index in [1.54, 1.807) is 12.1 Å². The third-order valence-electron chi connectivity index (χ3n) is 10.1. The van der Waals surface area contributed by atoms with E-state index in [0.717, 1.165) is 87.3 Å². The Bertz CT molecular complexity index is 1220. The fourth-order valence-electron chi connectivity index (χ4n) is 8.00. The number of aromatic carboxylic acids is 1. The topological polar surface area (TPSA) is 79.2 Å². The number of methoxy groups -OCH3 is 1. The van der Waals surface area contributed by atoms with E-state index < -0.39 is 5.97 Å². The molecule has 2 fully saturated rings. The summed E-state index contributed by atoms with van der Waals surface area (Å²) in [6, 6.07) is 11.5. The van der Waals surface area contributed by atoms with Crippen molar-refractivity contribution in [1.82, 2.24) is 0 Å². The Hall–Kier alpha value is -2.28. The molecule has 210 valence electrons. The summed E-state index contributed by atoms with van der Waals surface area (Å²) in [5.41, 5.74) is 3.58. The average Bonchev–Trinajstić information content (AvgIpc) is 3.06. The van der Waals surface area contributed by atoms with Crippen LogP contribution in [0.5, 0.6) is 5.75 Å². The third kappa shape index (κ3) is 5.16. The number of nitrogens with zero attached hydrogens (tertiary/aromatic N) is 1. The van der Waals surface area contributed by atoms with E-state index >= 15 is 0 Å². The highest BCUT2D eigenvalue weighted by Gasteiger charge is 2.46. The first-order chi connectivity index (χ1) is 18.9. The second-order valence-corrected chi connectivity index (χ2v) is 12.8. The van der Waals surface area contributed by atoms with Gasteiger partial charge in [0.05, 0.1) is 30.1 Å². The zero-order chi connectivity index (χ0) is 27.1. The number of fused-ring (bicyclic) bond motifs is 3. The standard InChI is InChI=1S/C32H40ClNO5/c1-38-30(21-4-2-6-25(35)15-21)26-10-7-23(26)17-34-18-32(13-3-5-20-14-24(33)9-11-27(20)32)19-39-29-12-8-22(31(36)37)16-28(29)34/h8-9,11-12,14,16,21,23,25-26,30,35H,2-7,10,13,15,17-19H2,1H3,(H,36,37)/t21-,23-,25+,26+,30-,32?/m0/s1. The first-order valence-electron chi connectivity index (χ1n) is 14.6. The average molecular weight is 554 g/mol. The minimum absolute atomic E-state index is 0.151. The van der Waals surface area contributed by atoms with Gasteiger partial charge in [-0.25, -0.2) is 4.79 Å². The molecule has 0 amide bonds. The van der Waals surface area contributed by atoms with Gasteiger partial charge in [0.1, 0.15) is 5.75 Å². The smallest absolute Gasteiger partial charge is 0.335 e. The number of aryl methyl sites for hydroxylation is 1. The van der Waals surface area contributed by atoms with Gasteiger partial charge in [-0.1, -0.05) is 24.1 Å². The van der Waals surface area contributed by atoms with Gasteiger partial charge in [0.15, 0.2) is 0 Å². The first-order valence-corrected chi connectivity index (χ1v) is 15.0. The van der Waals surface area contributed by atoms with Gasteiger partial charge in [-0.2, -0.15) is 0 Å². The van der Waals surface area contributed by atoms with Crippen LogP contribution in [0.4, 0.5) is 5.69 Å². The lowest BCUT2D eigenvalue weighted by atomic mass is 9.65. The van der Waals surface area contributed by atoms with Crippen molar-refractivity contribution >= 4 is 23.3 Å². The highest BCUT2D eigenvalue weighted by atomic mass is 35.5. The molecule has 39 heavy (non-hydrogen) atoms. The summed E-state index contributed by atoms with van der Waals surface area (Å²) in [5, 5.41) is 20.9. The van der Waals surface area contributed by atoms with Crippen LogP contribution in [0.3, 0.4) is 0 Å². The van der Waals surface area contributed by atoms with Crippen molar-refractivity contribution in [2.75, 3.05) is 31.7 Å². The number of rotatable bonds is 6. The van der Waals surface area contributed by atoms with Crippen LogP contribution >= 0.6 is 11.6 Å². The van der Waals surface area contributed by atoms with Gasteiger partial charge in [-0.05, 0) is 111 Å². The van der Waals surface area contributed by atoms with Crippen LogP contribution in [-0.4, -0.2) is 55.2 Å². The summed E-state index contributed by atoms with van der Waals surface area (Å²) in [4.78, 5) is 14.3. The van der Waals surface area contributed by atoms with Crippen LogP contribution < -0.4 is 9.64 Å². The number of halogens is 1. The summed E-state index contributed by atoms with van der Waals surface area (Å²) < 4.78 is 12.6. The number of hydrogen-bond acceptors (Lipinski definition) is 5. The molecule has 0 aromatic heterocycles. The van der Waals surface area contributed by atoms with Crippen molar-refractivity contribution in [3.05, 3.63) is 58.1 Å². The van der Waals surface area contributed by atoms with Crippen LogP contribution in [0.1, 0.15) is 72.9 Å². The molecule has 2 aromatic rings. The maximum atomic E-state index is 11.9. The molecular formula is C32H40ClNO5. The Morgan fingerprint density at radius 1 is 1.18 bits per heavy atom. The van der Waals surface area contributed by atoms with Gasteiger partial charge in [-0.3, -0.25) is 0 Å². The second kappa shape index (κ2) is 10.9. The van der Waals surface area contributed by atoms with Crippen LogP contribution in [0.2, 0.25) is 5.02 Å². The third-order valence-corrected chi connectivity index (χ3v) is 10.3. The number of anilines is 1. The predicted molar refractivity (Wildman–Crippen MR) is 152 cm³/mol. The maximum absolute atomic E-state index is 11.9. The second-order valence-electron chi connectivity index (χ2n) is 12.4. The molecule has 6 rings (SSSR count). The molecule has 6 atom stereocenters. The van der Waals surface area contributed by atoms with Gasteiger partial charge < -0.3 is 24.6 Å². The molecule has 1 spiro atoms. The Labute approximate surface area is 236 Å². The van der Waals surface area contributed by atoms with Gasteiger partial charge in [0.2, 0.25) is 0 Å². The molecule has 2 aromatic carbocycles. The largest absolute Gasteiger partial charge is 0.490 e. The van der Waals surface area contributed by atoms with Crippen LogP contribution in [-0.2, 0) is 16.6 Å². The maximum Gasteiger partial charge on any atom is 0.335 e. The number of aliphatic hydroxyl groups is 1.